The Bertz CT molecular complexity index is 818. The molecular formula is C19H25NO4S. The average molecular weight is 363 g/mol. The van der Waals surface area contributed by atoms with Gasteiger partial charge < -0.3 is 9.47 Å². The zero-order valence-electron chi connectivity index (χ0n) is 15.1. The van der Waals surface area contributed by atoms with Gasteiger partial charge in [-0.05, 0) is 42.2 Å². The molecule has 1 N–H and O–H groups in total. The summed E-state index contributed by atoms with van der Waals surface area (Å²) in [5.74, 6) is 0.328. The molecule has 0 amide bonds. The highest BCUT2D eigenvalue weighted by molar-refractivity contribution is 7.89. The van der Waals surface area contributed by atoms with Gasteiger partial charge in [-0.25, -0.2) is 13.1 Å². The molecule has 2 aromatic rings. The fraction of sp³-hybridized carbons (Fsp3) is 0.368. The van der Waals surface area contributed by atoms with Crippen LogP contribution in [0.15, 0.2) is 47.4 Å². The topological polar surface area (TPSA) is 64.6 Å². The van der Waals surface area contributed by atoms with Crippen molar-refractivity contribution < 1.29 is 17.9 Å². The number of methoxy groups -OCH3 is 2. The van der Waals surface area contributed by atoms with E-state index >= 15 is 0 Å². The number of benzene rings is 2. The van der Waals surface area contributed by atoms with Crippen LogP contribution in [0.3, 0.4) is 0 Å². The first kappa shape index (κ1) is 19.4. The standard InChI is InChI=1S/C19H25NO4S/c1-5-15-10-11-17(23-3)19(12-15)25(21,22)20-13-18(24-4)16-9-7-6-8-14(16)2/h6-12,18,20H,5,13H2,1-4H3. The van der Waals surface area contributed by atoms with Gasteiger partial charge in [0, 0.05) is 13.7 Å². The Balaban J connectivity index is 2.25. The molecule has 0 saturated heterocycles. The number of hydrogen-bond acceptors (Lipinski definition) is 4. The van der Waals surface area contributed by atoms with Crippen molar-refractivity contribution in [2.24, 2.45) is 0 Å². The molecular weight excluding hydrogens is 338 g/mol. The summed E-state index contributed by atoms with van der Waals surface area (Å²) in [5.41, 5.74) is 2.95. The normalized spacial score (nSPS) is 12.8. The van der Waals surface area contributed by atoms with Crippen molar-refractivity contribution in [3.05, 3.63) is 59.2 Å². The van der Waals surface area contributed by atoms with Crippen LogP contribution in [0.5, 0.6) is 5.75 Å². The number of aryl methyl sites for hydroxylation is 2. The summed E-state index contributed by atoms with van der Waals surface area (Å²) in [6, 6.07) is 13.0. The van der Waals surface area contributed by atoms with Crippen molar-refractivity contribution in [2.45, 2.75) is 31.3 Å². The highest BCUT2D eigenvalue weighted by Gasteiger charge is 2.22. The van der Waals surface area contributed by atoms with Crippen molar-refractivity contribution >= 4 is 10.0 Å². The molecule has 2 rings (SSSR count). The zero-order chi connectivity index (χ0) is 18.4. The molecule has 0 radical (unpaired) electrons. The molecule has 0 bridgehead atoms. The largest absolute Gasteiger partial charge is 0.495 e. The minimum absolute atomic E-state index is 0.142. The Morgan fingerprint density at radius 2 is 1.84 bits per heavy atom. The van der Waals surface area contributed by atoms with E-state index < -0.39 is 10.0 Å². The average Bonchev–Trinajstić information content (AvgIpc) is 2.63. The number of ether oxygens (including phenoxy) is 2. The van der Waals surface area contributed by atoms with Crippen LogP contribution in [0, 0.1) is 6.92 Å². The molecule has 0 fully saturated rings. The van der Waals surface area contributed by atoms with E-state index in [1.54, 1.807) is 19.2 Å². The molecule has 136 valence electrons. The molecule has 0 saturated carbocycles. The summed E-state index contributed by atoms with van der Waals surface area (Å²) < 4.78 is 38.9. The zero-order valence-corrected chi connectivity index (χ0v) is 15.9. The first-order valence-electron chi connectivity index (χ1n) is 8.17. The van der Waals surface area contributed by atoms with Crippen molar-refractivity contribution in [2.75, 3.05) is 20.8 Å². The quantitative estimate of drug-likeness (QED) is 0.782. The fourth-order valence-corrected chi connectivity index (χ4v) is 3.93. The predicted molar refractivity (Wildman–Crippen MR) is 98.5 cm³/mol. The van der Waals surface area contributed by atoms with Crippen LogP contribution in [0.2, 0.25) is 0 Å². The van der Waals surface area contributed by atoms with Crippen LogP contribution < -0.4 is 9.46 Å². The van der Waals surface area contributed by atoms with E-state index in [0.717, 1.165) is 23.1 Å². The number of sulfonamides is 1. The van der Waals surface area contributed by atoms with Crippen LogP contribution in [0.4, 0.5) is 0 Å². The van der Waals surface area contributed by atoms with Crippen molar-refractivity contribution in [3.63, 3.8) is 0 Å². The second-order valence-corrected chi connectivity index (χ2v) is 7.51. The maximum Gasteiger partial charge on any atom is 0.244 e. The maximum atomic E-state index is 12.8. The lowest BCUT2D eigenvalue weighted by molar-refractivity contribution is 0.107. The molecule has 5 nitrogen and oxygen atoms in total. The minimum atomic E-state index is -3.72. The monoisotopic (exact) mass is 363 g/mol. The molecule has 1 unspecified atom stereocenters. The van der Waals surface area contributed by atoms with E-state index in [2.05, 4.69) is 4.72 Å². The SMILES string of the molecule is CCc1ccc(OC)c(S(=O)(=O)NCC(OC)c2ccccc2C)c1. The molecule has 2 aromatic carbocycles. The van der Waals surface area contributed by atoms with Gasteiger partial charge >= 0.3 is 0 Å². The third-order valence-corrected chi connectivity index (χ3v) is 5.65. The molecule has 0 aliphatic heterocycles. The Morgan fingerprint density at radius 1 is 1.12 bits per heavy atom. The van der Waals surface area contributed by atoms with E-state index in [9.17, 15) is 8.42 Å². The first-order chi connectivity index (χ1) is 11.9. The summed E-state index contributed by atoms with van der Waals surface area (Å²) in [7, 11) is -0.680. The van der Waals surface area contributed by atoms with Crippen LogP contribution in [-0.2, 0) is 21.2 Å². The molecule has 0 heterocycles. The lowest BCUT2D eigenvalue weighted by Crippen LogP contribution is -2.30. The van der Waals surface area contributed by atoms with E-state index in [1.807, 2.05) is 44.2 Å². The third kappa shape index (κ3) is 4.60. The van der Waals surface area contributed by atoms with E-state index in [1.165, 1.54) is 7.11 Å². The second-order valence-electron chi connectivity index (χ2n) is 5.77. The van der Waals surface area contributed by atoms with Gasteiger partial charge in [-0.15, -0.1) is 0 Å². The Kier molecular flexibility index (Phi) is 6.58. The Morgan fingerprint density at radius 3 is 2.44 bits per heavy atom. The van der Waals surface area contributed by atoms with Crippen LogP contribution in [0.25, 0.3) is 0 Å². The van der Waals surface area contributed by atoms with E-state index in [4.69, 9.17) is 9.47 Å². The highest BCUT2D eigenvalue weighted by Crippen LogP contribution is 2.26. The van der Waals surface area contributed by atoms with Gasteiger partial charge in [-0.3, -0.25) is 0 Å². The first-order valence-corrected chi connectivity index (χ1v) is 9.66. The minimum Gasteiger partial charge on any atom is -0.495 e. The lowest BCUT2D eigenvalue weighted by Gasteiger charge is -2.19. The molecule has 0 aromatic heterocycles. The number of hydrogen-bond donors (Lipinski definition) is 1. The Labute approximate surface area is 150 Å². The lowest BCUT2D eigenvalue weighted by atomic mass is 10.0. The molecule has 0 spiro atoms. The molecule has 6 heteroatoms. The van der Waals surface area contributed by atoms with Gasteiger partial charge in [0.25, 0.3) is 0 Å². The van der Waals surface area contributed by atoms with Crippen molar-refractivity contribution in [3.8, 4) is 5.75 Å². The predicted octanol–water partition coefficient (Wildman–Crippen LogP) is 3.23. The number of rotatable bonds is 8. The van der Waals surface area contributed by atoms with Crippen LogP contribution >= 0.6 is 0 Å². The number of nitrogens with one attached hydrogen (secondary N) is 1. The van der Waals surface area contributed by atoms with Gasteiger partial charge in [-0.1, -0.05) is 37.3 Å². The van der Waals surface area contributed by atoms with Crippen molar-refractivity contribution in [1.29, 1.82) is 0 Å². The Hall–Kier alpha value is -1.89. The van der Waals surface area contributed by atoms with Crippen LogP contribution in [0.1, 0.15) is 29.7 Å². The summed E-state index contributed by atoms with van der Waals surface area (Å²) in [6.45, 7) is 4.09. The highest BCUT2D eigenvalue weighted by atomic mass is 32.2. The van der Waals surface area contributed by atoms with Gasteiger partial charge in [-0.2, -0.15) is 0 Å². The summed E-state index contributed by atoms with van der Waals surface area (Å²) in [6.07, 6.45) is 0.382. The van der Waals surface area contributed by atoms with E-state index in [-0.39, 0.29) is 17.5 Å². The summed E-state index contributed by atoms with van der Waals surface area (Å²) >= 11 is 0. The summed E-state index contributed by atoms with van der Waals surface area (Å²) in [5, 5.41) is 0. The van der Waals surface area contributed by atoms with Gasteiger partial charge in [0.1, 0.15) is 10.6 Å². The molecule has 0 aliphatic rings. The van der Waals surface area contributed by atoms with Gasteiger partial charge in [0.05, 0.1) is 13.2 Å². The van der Waals surface area contributed by atoms with Gasteiger partial charge in [0.15, 0.2) is 0 Å². The molecule has 0 aliphatic carbocycles. The molecule has 1 atom stereocenters. The summed E-state index contributed by atoms with van der Waals surface area (Å²) in [4.78, 5) is 0.147. The maximum absolute atomic E-state index is 12.8. The van der Waals surface area contributed by atoms with Gasteiger partial charge in [0.2, 0.25) is 10.0 Å². The molecule has 25 heavy (non-hydrogen) atoms. The van der Waals surface area contributed by atoms with Crippen molar-refractivity contribution in [1.82, 2.24) is 4.72 Å². The third-order valence-electron chi connectivity index (χ3n) is 4.20. The fourth-order valence-electron chi connectivity index (χ4n) is 2.68. The van der Waals surface area contributed by atoms with E-state index in [0.29, 0.717) is 5.75 Å². The second kappa shape index (κ2) is 8.47. The smallest absolute Gasteiger partial charge is 0.244 e. The van der Waals surface area contributed by atoms with Crippen LogP contribution in [-0.4, -0.2) is 29.2 Å².